The Morgan fingerprint density at radius 3 is 2.44 bits per heavy atom. The number of carbonyl (C=O) groups is 2. The van der Waals surface area contributed by atoms with Crippen LogP contribution in [0.5, 0.6) is 0 Å². The maximum atomic E-state index is 12.5. The van der Waals surface area contributed by atoms with Gasteiger partial charge in [0.1, 0.15) is 5.41 Å². The molecule has 0 spiro atoms. The van der Waals surface area contributed by atoms with Crippen LogP contribution in [0.4, 0.5) is 5.69 Å². The Balaban J connectivity index is 2.00. The summed E-state index contributed by atoms with van der Waals surface area (Å²) < 4.78 is 0. The number of nitrogens with zero attached hydrogens (tertiary/aromatic N) is 1. The molecule has 2 amide bonds. The van der Waals surface area contributed by atoms with E-state index in [1.807, 2.05) is 18.2 Å². The Labute approximate surface area is 151 Å². The number of hydrogen-bond donors (Lipinski definition) is 2. The van der Waals surface area contributed by atoms with Crippen molar-refractivity contribution in [2.24, 2.45) is 5.41 Å². The van der Waals surface area contributed by atoms with Crippen LogP contribution in [0.1, 0.15) is 25.0 Å². The van der Waals surface area contributed by atoms with Crippen LogP contribution in [-0.4, -0.2) is 11.8 Å². The Bertz CT molecular complexity index is 823. The molecule has 0 fully saturated rings. The summed E-state index contributed by atoms with van der Waals surface area (Å²) in [5, 5.41) is 15.0. The third-order valence-corrected chi connectivity index (χ3v) is 4.00. The van der Waals surface area contributed by atoms with Gasteiger partial charge in [0.25, 0.3) is 0 Å². The van der Waals surface area contributed by atoms with E-state index in [2.05, 4.69) is 10.6 Å². The highest BCUT2D eigenvalue weighted by atomic mass is 35.5. The monoisotopic (exact) mass is 355 g/mol. The van der Waals surface area contributed by atoms with Gasteiger partial charge in [-0.1, -0.05) is 29.8 Å². The molecule has 0 bridgehead atoms. The fourth-order valence-electron chi connectivity index (χ4n) is 2.06. The number of amides is 2. The normalized spacial score (nSPS) is 10.6. The minimum absolute atomic E-state index is 0.302. The first-order valence-electron chi connectivity index (χ1n) is 7.67. The molecule has 0 heterocycles. The fraction of sp³-hybridized carbons (Fsp3) is 0.211. The summed E-state index contributed by atoms with van der Waals surface area (Å²) in [5.41, 5.74) is 0.524. The second-order valence-corrected chi connectivity index (χ2v) is 6.52. The molecule has 2 rings (SSSR count). The Hall–Kier alpha value is -2.84. The third-order valence-electron chi connectivity index (χ3n) is 3.75. The zero-order valence-electron chi connectivity index (χ0n) is 14.0. The van der Waals surface area contributed by atoms with Gasteiger partial charge in [-0.2, -0.15) is 5.26 Å². The van der Waals surface area contributed by atoms with Crippen molar-refractivity contribution in [2.45, 2.75) is 20.4 Å². The third kappa shape index (κ3) is 4.82. The second-order valence-electron chi connectivity index (χ2n) is 6.08. The summed E-state index contributed by atoms with van der Waals surface area (Å²) in [6, 6.07) is 15.6. The van der Waals surface area contributed by atoms with E-state index >= 15 is 0 Å². The largest absolute Gasteiger partial charge is 0.351 e. The lowest BCUT2D eigenvalue weighted by molar-refractivity contribution is -0.138. The van der Waals surface area contributed by atoms with Gasteiger partial charge in [0.15, 0.2) is 0 Å². The minimum atomic E-state index is -1.27. The quantitative estimate of drug-likeness (QED) is 0.805. The lowest BCUT2D eigenvalue weighted by Crippen LogP contribution is -2.44. The Kier molecular flexibility index (Phi) is 5.79. The summed E-state index contributed by atoms with van der Waals surface area (Å²) in [5.74, 6) is -0.840. The van der Waals surface area contributed by atoms with Crippen LogP contribution >= 0.6 is 11.6 Å². The number of rotatable bonds is 5. The van der Waals surface area contributed by atoms with E-state index in [1.54, 1.807) is 50.2 Å². The van der Waals surface area contributed by atoms with E-state index in [9.17, 15) is 9.59 Å². The summed E-state index contributed by atoms with van der Waals surface area (Å²) in [6.07, 6.45) is 0. The smallest absolute Gasteiger partial charge is 0.239 e. The van der Waals surface area contributed by atoms with Crippen LogP contribution in [0.15, 0.2) is 48.5 Å². The van der Waals surface area contributed by atoms with Crippen LogP contribution in [0, 0.1) is 16.7 Å². The highest BCUT2D eigenvalue weighted by Crippen LogP contribution is 2.20. The van der Waals surface area contributed by atoms with E-state index in [-0.39, 0.29) is 0 Å². The van der Waals surface area contributed by atoms with Gasteiger partial charge in [-0.3, -0.25) is 9.59 Å². The molecule has 0 saturated carbocycles. The summed E-state index contributed by atoms with van der Waals surface area (Å²) in [6.45, 7) is 3.40. The molecular weight excluding hydrogens is 338 g/mol. The first kappa shape index (κ1) is 18.5. The number of carbonyl (C=O) groups excluding carboxylic acids is 2. The van der Waals surface area contributed by atoms with E-state index < -0.39 is 17.2 Å². The van der Waals surface area contributed by atoms with Crippen molar-refractivity contribution < 1.29 is 9.59 Å². The molecule has 0 aliphatic carbocycles. The first-order valence-corrected chi connectivity index (χ1v) is 8.05. The van der Waals surface area contributed by atoms with Crippen molar-refractivity contribution in [2.75, 3.05) is 5.32 Å². The second kappa shape index (κ2) is 7.82. The topological polar surface area (TPSA) is 82.0 Å². The predicted molar refractivity (Wildman–Crippen MR) is 96.9 cm³/mol. The number of nitrogens with one attached hydrogen (secondary N) is 2. The first-order chi connectivity index (χ1) is 11.8. The van der Waals surface area contributed by atoms with Gasteiger partial charge in [0.05, 0.1) is 11.6 Å². The van der Waals surface area contributed by atoms with Crippen molar-refractivity contribution in [3.8, 4) is 6.07 Å². The average molecular weight is 356 g/mol. The van der Waals surface area contributed by atoms with Crippen molar-refractivity contribution in [3.63, 3.8) is 0 Å². The molecule has 0 atom stereocenters. The van der Waals surface area contributed by atoms with E-state index in [0.29, 0.717) is 22.8 Å². The standard InChI is InChI=1S/C19H18ClN3O2/c1-19(2,17(24)22-12-13-6-8-15(20)9-7-13)18(25)23-16-5-3-4-14(10-16)11-21/h3-10H,12H2,1-2H3,(H,22,24)(H,23,25). The van der Waals surface area contributed by atoms with Crippen LogP contribution < -0.4 is 10.6 Å². The number of halogens is 1. The van der Waals surface area contributed by atoms with Crippen LogP contribution in [-0.2, 0) is 16.1 Å². The molecule has 0 saturated heterocycles. The van der Waals surface area contributed by atoms with Gasteiger partial charge in [-0.05, 0) is 49.7 Å². The van der Waals surface area contributed by atoms with E-state index in [1.165, 1.54) is 0 Å². The predicted octanol–water partition coefficient (Wildman–Crippen LogP) is 3.49. The van der Waals surface area contributed by atoms with Gasteiger partial charge in [-0.15, -0.1) is 0 Å². The minimum Gasteiger partial charge on any atom is -0.351 e. The average Bonchev–Trinajstić information content (AvgIpc) is 2.61. The molecule has 5 nitrogen and oxygen atoms in total. The van der Waals surface area contributed by atoms with E-state index in [0.717, 1.165) is 5.56 Å². The molecular formula is C19H18ClN3O2. The van der Waals surface area contributed by atoms with Gasteiger partial charge < -0.3 is 10.6 Å². The maximum absolute atomic E-state index is 12.5. The number of anilines is 1. The number of nitriles is 1. The van der Waals surface area contributed by atoms with Crippen molar-refractivity contribution in [3.05, 3.63) is 64.7 Å². The molecule has 0 radical (unpaired) electrons. The number of benzene rings is 2. The van der Waals surface area contributed by atoms with Crippen molar-refractivity contribution in [1.82, 2.24) is 5.32 Å². The number of hydrogen-bond acceptors (Lipinski definition) is 3. The molecule has 2 aromatic carbocycles. The summed E-state index contributed by atoms with van der Waals surface area (Å²) in [4.78, 5) is 24.9. The Morgan fingerprint density at radius 1 is 1.12 bits per heavy atom. The SMILES string of the molecule is CC(C)(C(=O)NCc1ccc(Cl)cc1)C(=O)Nc1cccc(C#N)c1. The highest BCUT2D eigenvalue weighted by molar-refractivity contribution is 6.30. The van der Waals surface area contributed by atoms with Gasteiger partial charge in [-0.25, -0.2) is 0 Å². The van der Waals surface area contributed by atoms with Gasteiger partial charge in [0.2, 0.25) is 11.8 Å². The highest BCUT2D eigenvalue weighted by Gasteiger charge is 2.35. The molecule has 2 aromatic rings. The summed E-state index contributed by atoms with van der Waals surface area (Å²) in [7, 11) is 0. The molecule has 6 heteroatoms. The lowest BCUT2D eigenvalue weighted by atomic mass is 9.90. The van der Waals surface area contributed by atoms with Gasteiger partial charge in [0, 0.05) is 17.3 Å². The zero-order valence-corrected chi connectivity index (χ0v) is 14.7. The Morgan fingerprint density at radius 2 is 1.80 bits per heavy atom. The van der Waals surface area contributed by atoms with Gasteiger partial charge >= 0.3 is 0 Å². The van der Waals surface area contributed by atoms with E-state index in [4.69, 9.17) is 16.9 Å². The van der Waals surface area contributed by atoms with Crippen LogP contribution in [0.3, 0.4) is 0 Å². The molecule has 0 aliphatic heterocycles. The van der Waals surface area contributed by atoms with Crippen LogP contribution in [0.2, 0.25) is 5.02 Å². The molecule has 2 N–H and O–H groups in total. The lowest BCUT2D eigenvalue weighted by Gasteiger charge is -2.22. The van der Waals surface area contributed by atoms with Crippen LogP contribution in [0.25, 0.3) is 0 Å². The molecule has 0 aliphatic rings. The maximum Gasteiger partial charge on any atom is 0.239 e. The zero-order chi connectivity index (χ0) is 18.4. The van der Waals surface area contributed by atoms with Crippen molar-refractivity contribution in [1.29, 1.82) is 5.26 Å². The molecule has 0 aromatic heterocycles. The molecule has 0 unspecified atom stereocenters. The molecule has 25 heavy (non-hydrogen) atoms. The van der Waals surface area contributed by atoms with Crippen molar-refractivity contribution >= 4 is 29.1 Å². The molecule has 128 valence electrons. The summed E-state index contributed by atoms with van der Waals surface area (Å²) >= 11 is 5.83. The fourth-order valence-corrected chi connectivity index (χ4v) is 2.19.